The normalized spacial score (nSPS) is 19.3. The molecule has 0 aromatic carbocycles. The van der Waals surface area contributed by atoms with Gasteiger partial charge in [-0.3, -0.25) is 0 Å². The van der Waals surface area contributed by atoms with Gasteiger partial charge < -0.3 is 0 Å². The van der Waals surface area contributed by atoms with Crippen LogP contribution in [0, 0.1) is 18.3 Å². The first kappa shape index (κ1) is 6.81. The number of nitriles is 1. The number of thiazole rings is 1. The summed E-state index contributed by atoms with van der Waals surface area (Å²) in [7, 11) is 0. The Kier molecular flexibility index (Phi) is 1.27. The van der Waals surface area contributed by atoms with Crippen LogP contribution in [-0.4, -0.2) is 4.98 Å². The van der Waals surface area contributed by atoms with Gasteiger partial charge in [-0.1, -0.05) is 0 Å². The van der Waals surface area contributed by atoms with Gasteiger partial charge in [-0.2, -0.15) is 5.26 Å². The monoisotopic (exact) mass is 164 g/mol. The smallest absolute Gasteiger partial charge is 0.0932 e. The number of nitrogens with zero attached hydrogens (tertiary/aromatic N) is 2. The molecule has 0 aliphatic heterocycles. The molecule has 1 aliphatic carbocycles. The molecule has 1 fully saturated rings. The van der Waals surface area contributed by atoms with Crippen LogP contribution < -0.4 is 0 Å². The molecule has 2 nitrogen and oxygen atoms in total. The first-order valence-corrected chi connectivity index (χ1v) is 4.43. The number of hydrogen-bond acceptors (Lipinski definition) is 3. The van der Waals surface area contributed by atoms with Crippen LogP contribution in [0.5, 0.6) is 0 Å². The Bertz CT molecular complexity index is 317. The van der Waals surface area contributed by atoms with Crippen molar-refractivity contribution in [3.8, 4) is 6.07 Å². The van der Waals surface area contributed by atoms with Crippen molar-refractivity contribution >= 4 is 11.3 Å². The van der Waals surface area contributed by atoms with E-state index < -0.39 is 0 Å². The van der Waals surface area contributed by atoms with E-state index in [0.717, 1.165) is 22.7 Å². The summed E-state index contributed by atoms with van der Waals surface area (Å²) in [5.41, 5.74) is -0.133. The molecule has 0 saturated heterocycles. The first-order valence-electron chi connectivity index (χ1n) is 3.61. The van der Waals surface area contributed by atoms with Crippen molar-refractivity contribution in [2.24, 2.45) is 0 Å². The van der Waals surface area contributed by atoms with Gasteiger partial charge in [0.15, 0.2) is 0 Å². The van der Waals surface area contributed by atoms with Crippen LogP contribution in [0.4, 0.5) is 0 Å². The van der Waals surface area contributed by atoms with E-state index >= 15 is 0 Å². The molecule has 1 aliphatic rings. The van der Waals surface area contributed by atoms with Gasteiger partial charge >= 0.3 is 0 Å². The fraction of sp³-hybridized carbons (Fsp3) is 0.500. The Morgan fingerprint density at radius 3 is 2.82 bits per heavy atom. The average Bonchev–Trinajstić information content (AvgIpc) is 2.70. The summed E-state index contributed by atoms with van der Waals surface area (Å²) in [6.45, 7) is 1.97. The standard InChI is InChI=1S/C8H8N2S/c1-6-10-4-7(11-6)8(5-9)2-3-8/h4H,2-3H2,1H3. The number of rotatable bonds is 1. The minimum atomic E-state index is -0.133. The second kappa shape index (κ2) is 2.05. The highest BCUT2D eigenvalue weighted by Gasteiger charge is 2.46. The summed E-state index contributed by atoms with van der Waals surface area (Å²) in [5, 5.41) is 9.91. The van der Waals surface area contributed by atoms with Crippen LogP contribution >= 0.6 is 11.3 Å². The molecular weight excluding hydrogens is 156 g/mol. The molecule has 11 heavy (non-hydrogen) atoms. The molecule has 0 bridgehead atoms. The largest absolute Gasteiger partial charge is 0.250 e. The minimum Gasteiger partial charge on any atom is -0.250 e. The molecule has 0 N–H and O–H groups in total. The van der Waals surface area contributed by atoms with E-state index in [4.69, 9.17) is 5.26 Å². The molecule has 1 aromatic rings. The van der Waals surface area contributed by atoms with Crippen LogP contribution in [-0.2, 0) is 5.41 Å². The molecular formula is C8H8N2S. The quantitative estimate of drug-likeness (QED) is 0.636. The van der Waals surface area contributed by atoms with Crippen molar-refractivity contribution in [1.82, 2.24) is 4.98 Å². The van der Waals surface area contributed by atoms with Crippen molar-refractivity contribution in [2.45, 2.75) is 25.2 Å². The first-order chi connectivity index (χ1) is 5.27. The Morgan fingerprint density at radius 2 is 2.45 bits per heavy atom. The molecule has 3 heteroatoms. The van der Waals surface area contributed by atoms with Gasteiger partial charge in [0.25, 0.3) is 0 Å². The molecule has 56 valence electrons. The van der Waals surface area contributed by atoms with E-state index in [2.05, 4.69) is 11.1 Å². The molecule has 0 unspecified atom stereocenters. The van der Waals surface area contributed by atoms with Gasteiger partial charge in [0.2, 0.25) is 0 Å². The number of aryl methyl sites for hydroxylation is 1. The van der Waals surface area contributed by atoms with Gasteiger partial charge in [-0.25, -0.2) is 4.98 Å². The Balaban J connectivity index is 2.38. The number of hydrogen-bond donors (Lipinski definition) is 0. The zero-order valence-electron chi connectivity index (χ0n) is 6.29. The van der Waals surface area contributed by atoms with E-state index in [-0.39, 0.29) is 5.41 Å². The fourth-order valence-corrected chi connectivity index (χ4v) is 2.10. The van der Waals surface area contributed by atoms with Crippen LogP contribution in [0.1, 0.15) is 22.7 Å². The van der Waals surface area contributed by atoms with E-state index in [1.54, 1.807) is 11.3 Å². The van der Waals surface area contributed by atoms with Crippen LogP contribution in [0.2, 0.25) is 0 Å². The maximum Gasteiger partial charge on any atom is 0.0932 e. The lowest BCUT2D eigenvalue weighted by atomic mass is 10.1. The number of aromatic nitrogens is 1. The van der Waals surface area contributed by atoms with Crippen molar-refractivity contribution in [3.05, 3.63) is 16.1 Å². The highest BCUT2D eigenvalue weighted by Crippen LogP contribution is 2.49. The third-order valence-electron chi connectivity index (χ3n) is 2.06. The van der Waals surface area contributed by atoms with E-state index in [1.165, 1.54) is 0 Å². The summed E-state index contributed by atoms with van der Waals surface area (Å²) in [5.74, 6) is 0. The Hall–Kier alpha value is -0.880. The summed E-state index contributed by atoms with van der Waals surface area (Å²) in [6, 6.07) is 2.35. The zero-order valence-corrected chi connectivity index (χ0v) is 7.11. The maximum absolute atomic E-state index is 8.85. The van der Waals surface area contributed by atoms with Gasteiger partial charge in [-0.05, 0) is 19.8 Å². The SMILES string of the molecule is Cc1ncc(C2(C#N)CC2)s1. The molecule has 1 saturated carbocycles. The Labute approximate surface area is 69.5 Å². The fourth-order valence-electron chi connectivity index (χ4n) is 1.12. The average molecular weight is 164 g/mol. The van der Waals surface area contributed by atoms with Crippen molar-refractivity contribution in [3.63, 3.8) is 0 Å². The summed E-state index contributed by atoms with van der Waals surface area (Å²) < 4.78 is 0. The molecule has 0 radical (unpaired) electrons. The van der Waals surface area contributed by atoms with Gasteiger partial charge in [0.1, 0.15) is 0 Å². The third kappa shape index (κ3) is 0.945. The van der Waals surface area contributed by atoms with Gasteiger partial charge in [0, 0.05) is 11.1 Å². The molecule has 1 heterocycles. The van der Waals surface area contributed by atoms with E-state index in [1.807, 2.05) is 13.1 Å². The minimum absolute atomic E-state index is 0.133. The zero-order chi connectivity index (χ0) is 7.90. The topological polar surface area (TPSA) is 36.7 Å². The molecule has 1 aromatic heterocycles. The molecule has 0 amide bonds. The van der Waals surface area contributed by atoms with Crippen LogP contribution in [0.25, 0.3) is 0 Å². The van der Waals surface area contributed by atoms with E-state index in [0.29, 0.717) is 0 Å². The lowest BCUT2D eigenvalue weighted by Crippen LogP contribution is -1.97. The summed E-state index contributed by atoms with van der Waals surface area (Å²) in [4.78, 5) is 5.29. The maximum atomic E-state index is 8.85. The Morgan fingerprint density at radius 1 is 1.73 bits per heavy atom. The second-order valence-corrected chi connectivity index (χ2v) is 4.17. The van der Waals surface area contributed by atoms with Crippen molar-refractivity contribution in [2.75, 3.05) is 0 Å². The van der Waals surface area contributed by atoms with Crippen LogP contribution in [0.15, 0.2) is 6.20 Å². The lowest BCUT2D eigenvalue weighted by molar-refractivity contribution is 0.930. The predicted octanol–water partition coefficient (Wildman–Crippen LogP) is 2.01. The van der Waals surface area contributed by atoms with E-state index in [9.17, 15) is 0 Å². The highest BCUT2D eigenvalue weighted by molar-refractivity contribution is 7.11. The van der Waals surface area contributed by atoms with Gasteiger partial charge in [0.05, 0.1) is 16.5 Å². The van der Waals surface area contributed by atoms with Gasteiger partial charge in [-0.15, -0.1) is 11.3 Å². The molecule has 0 atom stereocenters. The second-order valence-electron chi connectivity index (χ2n) is 2.94. The summed E-state index contributed by atoms with van der Waals surface area (Å²) >= 11 is 1.65. The van der Waals surface area contributed by atoms with Crippen LogP contribution in [0.3, 0.4) is 0 Å². The lowest BCUT2D eigenvalue weighted by Gasteiger charge is -1.96. The third-order valence-corrected chi connectivity index (χ3v) is 3.17. The van der Waals surface area contributed by atoms with Crippen molar-refractivity contribution < 1.29 is 0 Å². The molecule has 0 spiro atoms. The highest BCUT2D eigenvalue weighted by atomic mass is 32.1. The predicted molar refractivity (Wildman–Crippen MR) is 43.4 cm³/mol. The molecule has 2 rings (SSSR count). The summed E-state index contributed by atoms with van der Waals surface area (Å²) in [6.07, 6.45) is 3.88. The van der Waals surface area contributed by atoms with Crippen molar-refractivity contribution in [1.29, 1.82) is 5.26 Å².